The Morgan fingerprint density at radius 3 is 2.52 bits per heavy atom. The van der Waals surface area contributed by atoms with Gasteiger partial charge in [-0.1, -0.05) is 18.2 Å². The van der Waals surface area contributed by atoms with Crippen LogP contribution in [0.3, 0.4) is 0 Å². The van der Waals surface area contributed by atoms with Gasteiger partial charge in [-0.15, -0.1) is 0 Å². The van der Waals surface area contributed by atoms with Crippen LogP contribution in [0.5, 0.6) is 5.75 Å². The summed E-state index contributed by atoms with van der Waals surface area (Å²) in [5.74, 6) is -0.519. The smallest absolute Gasteiger partial charge is 0.294 e. The second-order valence-electron chi connectivity index (χ2n) is 6.29. The van der Waals surface area contributed by atoms with E-state index >= 15 is 0 Å². The van der Waals surface area contributed by atoms with E-state index in [1.54, 1.807) is 31.7 Å². The first-order valence-electron chi connectivity index (χ1n) is 8.63. The molecule has 1 aromatic carbocycles. The van der Waals surface area contributed by atoms with E-state index in [2.05, 4.69) is 5.32 Å². The Morgan fingerprint density at radius 2 is 1.85 bits per heavy atom. The van der Waals surface area contributed by atoms with Gasteiger partial charge in [0.15, 0.2) is 0 Å². The van der Waals surface area contributed by atoms with Crippen LogP contribution in [0.15, 0.2) is 54.7 Å². The number of Topliss-reactive ketones (excluding diaryl/α,β-unsaturated/α-hetero) is 1. The Labute approximate surface area is 157 Å². The van der Waals surface area contributed by atoms with Crippen LogP contribution in [-0.2, 0) is 9.53 Å². The number of ketones is 1. The molecule has 0 aliphatic carbocycles. The number of fused-ring (bicyclic) bond motifs is 1. The normalized spacial score (nSPS) is 12.0. The standard InChI is InChI=1S/C21H22N2O4/c1-14(13-26-2)22-21(25)20(24)19-18(12-16-6-4-5-11-23(16)19)15-7-9-17(27-3)10-8-15/h4-12,14H,13H2,1-3H3,(H,22,25)/t14-/m1/s1. The molecular formula is C21H22N2O4. The van der Waals surface area contributed by atoms with Crippen LogP contribution in [0.2, 0.25) is 0 Å². The highest BCUT2D eigenvalue weighted by Crippen LogP contribution is 2.29. The molecule has 0 aliphatic rings. The average Bonchev–Trinajstić information content (AvgIpc) is 3.07. The largest absolute Gasteiger partial charge is 0.497 e. The van der Waals surface area contributed by atoms with E-state index in [4.69, 9.17) is 9.47 Å². The average molecular weight is 366 g/mol. The lowest BCUT2D eigenvalue weighted by Crippen LogP contribution is -2.40. The number of carbonyl (C=O) groups excluding carboxylic acids is 2. The summed E-state index contributed by atoms with van der Waals surface area (Å²) < 4.78 is 12.0. The first kappa shape index (κ1) is 18.7. The van der Waals surface area contributed by atoms with Crippen LogP contribution >= 0.6 is 0 Å². The summed E-state index contributed by atoms with van der Waals surface area (Å²) in [6, 6.07) is 14.7. The number of aromatic nitrogens is 1. The highest BCUT2D eigenvalue weighted by Gasteiger charge is 2.25. The number of hydrogen-bond donors (Lipinski definition) is 1. The van der Waals surface area contributed by atoms with Crippen molar-refractivity contribution in [2.45, 2.75) is 13.0 Å². The number of carbonyl (C=O) groups is 2. The molecule has 2 aromatic heterocycles. The number of amides is 1. The first-order valence-corrected chi connectivity index (χ1v) is 8.63. The number of rotatable bonds is 7. The molecule has 0 spiro atoms. The minimum Gasteiger partial charge on any atom is -0.497 e. The number of methoxy groups -OCH3 is 2. The number of nitrogens with one attached hydrogen (secondary N) is 1. The van der Waals surface area contributed by atoms with Gasteiger partial charge in [0.2, 0.25) is 0 Å². The van der Waals surface area contributed by atoms with Crippen molar-refractivity contribution in [3.8, 4) is 16.9 Å². The molecule has 6 heteroatoms. The topological polar surface area (TPSA) is 69.0 Å². The molecule has 0 unspecified atom stereocenters. The van der Waals surface area contributed by atoms with Crippen molar-refractivity contribution >= 4 is 17.2 Å². The highest BCUT2D eigenvalue weighted by molar-refractivity contribution is 6.43. The van der Waals surface area contributed by atoms with E-state index < -0.39 is 11.7 Å². The first-order chi connectivity index (χ1) is 13.0. The second-order valence-corrected chi connectivity index (χ2v) is 6.29. The molecule has 27 heavy (non-hydrogen) atoms. The zero-order chi connectivity index (χ0) is 19.4. The molecule has 0 fully saturated rings. The number of nitrogens with zero attached hydrogens (tertiary/aromatic N) is 1. The van der Waals surface area contributed by atoms with E-state index in [1.165, 1.54) is 0 Å². The van der Waals surface area contributed by atoms with Crippen LogP contribution in [-0.4, -0.2) is 43.0 Å². The molecule has 3 aromatic rings. The Hall–Kier alpha value is -3.12. The van der Waals surface area contributed by atoms with Crippen molar-refractivity contribution in [1.29, 1.82) is 0 Å². The molecule has 1 amide bonds. The minimum atomic E-state index is -0.654. The predicted octanol–water partition coefficient (Wildman–Crippen LogP) is 2.95. The second kappa shape index (κ2) is 8.05. The maximum Gasteiger partial charge on any atom is 0.294 e. The highest BCUT2D eigenvalue weighted by atomic mass is 16.5. The predicted molar refractivity (Wildman–Crippen MR) is 103 cm³/mol. The number of benzene rings is 1. The summed E-state index contributed by atoms with van der Waals surface area (Å²) in [4.78, 5) is 25.5. The fourth-order valence-electron chi connectivity index (χ4n) is 3.03. The van der Waals surface area contributed by atoms with Crippen molar-refractivity contribution in [2.24, 2.45) is 0 Å². The lowest BCUT2D eigenvalue weighted by atomic mass is 10.0. The molecule has 140 valence electrons. The van der Waals surface area contributed by atoms with E-state index in [0.717, 1.165) is 16.8 Å². The van der Waals surface area contributed by atoms with Gasteiger partial charge in [-0.05, 0) is 42.8 Å². The lowest BCUT2D eigenvalue weighted by Gasteiger charge is -2.13. The minimum absolute atomic E-state index is 0.262. The third-order valence-corrected chi connectivity index (χ3v) is 4.30. The maximum absolute atomic E-state index is 13.0. The molecule has 0 aliphatic heterocycles. The van der Waals surface area contributed by atoms with Crippen LogP contribution < -0.4 is 10.1 Å². The number of ether oxygens (including phenoxy) is 2. The molecule has 1 atom stereocenters. The van der Waals surface area contributed by atoms with Gasteiger partial charge in [-0.2, -0.15) is 0 Å². The van der Waals surface area contributed by atoms with Crippen LogP contribution in [0.25, 0.3) is 16.6 Å². The van der Waals surface area contributed by atoms with Crippen molar-refractivity contribution in [2.75, 3.05) is 20.8 Å². The fourth-order valence-corrected chi connectivity index (χ4v) is 3.03. The van der Waals surface area contributed by atoms with E-state index in [9.17, 15) is 9.59 Å². The fraction of sp³-hybridized carbons (Fsp3) is 0.238. The Kier molecular flexibility index (Phi) is 5.57. The Balaban J connectivity index is 2.04. The van der Waals surface area contributed by atoms with Gasteiger partial charge >= 0.3 is 0 Å². The number of hydrogen-bond acceptors (Lipinski definition) is 4. The van der Waals surface area contributed by atoms with Gasteiger partial charge in [0.05, 0.1) is 13.7 Å². The van der Waals surface area contributed by atoms with Crippen molar-refractivity contribution in [3.05, 3.63) is 60.4 Å². The molecule has 1 N–H and O–H groups in total. The summed E-state index contributed by atoms with van der Waals surface area (Å²) >= 11 is 0. The molecule has 2 heterocycles. The molecule has 0 radical (unpaired) electrons. The van der Waals surface area contributed by atoms with Gasteiger partial charge in [-0.25, -0.2) is 0 Å². The number of pyridine rings is 1. The summed E-state index contributed by atoms with van der Waals surface area (Å²) in [5.41, 5.74) is 2.70. The monoisotopic (exact) mass is 366 g/mol. The van der Waals surface area contributed by atoms with Gasteiger partial charge in [0.25, 0.3) is 11.7 Å². The molecule has 3 rings (SSSR count). The zero-order valence-electron chi connectivity index (χ0n) is 15.6. The molecule has 6 nitrogen and oxygen atoms in total. The summed E-state index contributed by atoms with van der Waals surface area (Å²) in [5, 5.41) is 2.68. The molecular weight excluding hydrogens is 344 g/mol. The lowest BCUT2D eigenvalue weighted by molar-refractivity contribution is -0.117. The third-order valence-electron chi connectivity index (χ3n) is 4.30. The molecule has 0 bridgehead atoms. The summed E-state index contributed by atoms with van der Waals surface area (Å²) in [6.45, 7) is 2.12. The Bertz CT molecular complexity index is 960. The van der Waals surface area contributed by atoms with Crippen molar-refractivity contribution in [1.82, 2.24) is 9.72 Å². The summed E-state index contributed by atoms with van der Waals surface area (Å²) in [7, 11) is 3.15. The van der Waals surface area contributed by atoms with Gasteiger partial charge in [-0.3, -0.25) is 9.59 Å². The van der Waals surface area contributed by atoms with Gasteiger partial charge < -0.3 is 19.2 Å². The molecule has 0 saturated heterocycles. The van der Waals surface area contributed by atoms with E-state index in [1.807, 2.05) is 48.5 Å². The Morgan fingerprint density at radius 1 is 1.11 bits per heavy atom. The van der Waals surface area contributed by atoms with Crippen LogP contribution in [0, 0.1) is 0 Å². The van der Waals surface area contributed by atoms with Crippen molar-refractivity contribution in [3.63, 3.8) is 0 Å². The van der Waals surface area contributed by atoms with Gasteiger partial charge in [0, 0.05) is 30.4 Å². The summed E-state index contributed by atoms with van der Waals surface area (Å²) in [6.07, 6.45) is 1.78. The third kappa shape index (κ3) is 3.85. The van der Waals surface area contributed by atoms with E-state index in [0.29, 0.717) is 17.9 Å². The van der Waals surface area contributed by atoms with E-state index in [-0.39, 0.29) is 6.04 Å². The van der Waals surface area contributed by atoms with Gasteiger partial charge in [0.1, 0.15) is 11.4 Å². The van der Waals surface area contributed by atoms with Crippen LogP contribution in [0.1, 0.15) is 17.4 Å². The zero-order valence-corrected chi connectivity index (χ0v) is 15.6. The van der Waals surface area contributed by atoms with Crippen molar-refractivity contribution < 1.29 is 19.1 Å². The molecule has 0 saturated carbocycles. The quantitative estimate of drug-likeness (QED) is 0.516. The van der Waals surface area contributed by atoms with Crippen LogP contribution in [0.4, 0.5) is 0 Å². The SMILES string of the molecule is COC[C@@H](C)NC(=O)C(=O)c1c(-c2ccc(OC)cc2)cc2ccccn12. The maximum atomic E-state index is 13.0.